The third kappa shape index (κ3) is 3.33. The van der Waals surface area contributed by atoms with Gasteiger partial charge in [0.1, 0.15) is 5.75 Å². The Balaban J connectivity index is 1.79. The van der Waals surface area contributed by atoms with Gasteiger partial charge in [0.05, 0.1) is 11.9 Å². The van der Waals surface area contributed by atoms with E-state index in [1.54, 1.807) is 0 Å². The number of unbranched alkanes of at least 4 members (excludes halogenated alkanes) is 3. The van der Waals surface area contributed by atoms with E-state index in [4.69, 9.17) is 4.74 Å². The van der Waals surface area contributed by atoms with Crippen LogP contribution in [0.25, 0.3) is 0 Å². The molecule has 0 spiro atoms. The van der Waals surface area contributed by atoms with Crippen molar-refractivity contribution in [2.75, 3.05) is 25.5 Å². The maximum Gasteiger partial charge on any atom is 0.311 e. The Kier molecular flexibility index (Phi) is 5.45. The highest BCUT2D eigenvalue weighted by atomic mass is 79.9. The molecule has 0 saturated carbocycles. The topological polar surface area (TPSA) is 32.8 Å². The van der Waals surface area contributed by atoms with E-state index < -0.39 is 0 Å². The lowest BCUT2D eigenvalue weighted by molar-refractivity contribution is -0.134. The molecule has 25 heavy (non-hydrogen) atoms. The Morgan fingerprint density at radius 2 is 2.08 bits per heavy atom. The van der Waals surface area contributed by atoms with Crippen LogP contribution in [-0.2, 0) is 10.2 Å². The molecule has 2 heterocycles. The van der Waals surface area contributed by atoms with Gasteiger partial charge < -0.3 is 9.64 Å². The SMILES string of the molecule is CCCCCCC(=O)Oc1cc(Br)c2c(c1)[C@]1(C)CCN(C)[C@@H]1N2C. The van der Waals surface area contributed by atoms with E-state index in [0.29, 0.717) is 18.3 Å². The molecule has 2 aliphatic rings. The van der Waals surface area contributed by atoms with Crippen LogP contribution in [-0.4, -0.2) is 37.7 Å². The first-order valence-corrected chi connectivity index (χ1v) is 10.2. The highest BCUT2D eigenvalue weighted by Gasteiger charge is 2.53. The van der Waals surface area contributed by atoms with Gasteiger partial charge >= 0.3 is 5.97 Å². The minimum atomic E-state index is -0.125. The van der Waals surface area contributed by atoms with E-state index in [2.05, 4.69) is 59.7 Å². The van der Waals surface area contributed by atoms with Crippen LogP contribution in [0.4, 0.5) is 5.69 Å². The second kappa shape index (κ2) is 7.28. The molecule has 0 aromatic heterocycles. The summed E-state index contributed by atoms with van der Waals surface area (Å²) in [5.41, 5.74) is 2.58. The van der Waals surface area contributed by atoms with Crippen molar-refractivity contribution in [2.24, 2.45) is 0 Å². The fraction of sp³-hybridized carbons (Fsp3) is 0.650. The van der Waals surface area contributed by atoms with Crippen LogP contribution in [0.3, 0.4) is 0 Å². The average Bonchev–Trinajstić information content (AvgIpc) is 2.97. The van der Waals surface area contributed by atoms with Gasteiger partial charge in [-0.15, -0.1) is 0 Å². The molecule has 2 aliphatic heterocycles. The molecule has 0 amide bonds. The quantitative estimate of drug-likeness (QED) is 0.388. The van der Waals surface area contributed by atoms with Crippen molar-refractivity contribution in [3.05, 3.63) is 22.2 Å². The zero-order chi connectivity index (χ0) is 18.2. The van der Waals surface area contributed by atoms with Crippen LogP contribution >= 0.6 is 15.9 Å². The van der Waals surface area contributed by atoms with Gasteiger partial charge in [-0.1, -0.05) is 33.1 Å². The van der Waals surface area contributed by atoms with Gasteiger partial charge in [0.15, 0.2) is 0 Å². The summed E-state index contributed by atoms with van der Waals surface area (Å²) in [6.45, 7) is 5.59. The fourth-order valence-corrected chi connectivity index (χ4v) is 5.29. The summed E-state index contributed by atoms with van der Waals surface area (Å²) in [5, 5.41) is 0. The molecule has 1 saturated heterocycles. The summed E-state index contributed by atoms with van der Waals surface area (Å²) in [7, 11) is 4.34. The smallest absolute Gasteiger partial charge is 0.311 e. The van der Waals surface area contributed by atoms with Crippen molar-refractivity contribution in [3.63, 3.8) is 0 Å². The number of likely N-dealkylation sites (N-methyl/N-ethyl adjacent to an activating group) is 2. The molecule has 1 aromatic carbocycles. The average molecular weight is 409 g/mol. The van der Waals surface area contributed by atoms with Crippen LogP contribution in [0.15, 0.2) is 16.6 Å². The molecular weight excluding hydrogens is 380 g/mol. The highest BCUT2D eigenvalue weighted by Crippen LogP contribution is 2.54. The zero-order valence-corrected chi connectivity index (χ0v) is 17.4. The second-order valence-corrected chi connectivity index (χ2v) is 8.57. The zero-order valence-electron chi connectivity index (χ0n) is 15.8. The van der Waals surface area contributed by atoms with Crippen LogP contribution in [0, 0.1) is 0 Å². The predicted octanol–water partition coefficient (Wildman–Crippen LogP) is 4.69. The fourth-order valence-electron chi connectivity index (χ4n) is 4.57. The summed E-state index contributed by atoms with van der Waals surface area (Å²) in [6.07, 6.45) is 6.33. The number of anilines is 1. The normalized spacial score (nSPS) is 25.2. The predicted molar refractivity (Wildman–Crippen MR) is 105 cm³/mol. The molecule has 3 rings (SSSR count). The van der Waals surface area contributed by atoms with Crippen LogP contribution in [0.2, 0.25) is 0 Å². The summed E-state index contributed by atoms with van der Waals surface area (Å²) < 4.78 is 6.66. The lowest BCUT2D eigenvalue weighted by atomic mass is 9.81. The molecule has 0 aliphatic carbocycles. The van der Waals surface area contributed by atoms with Gasteiger partial charge in [-0.3, -0.25) is 9.69 Å². The highest BCUT2D eigenvalue weighted by molar-refractivity contribution is 9.10. The van der Waals surface area contributed by atoms with Gasteiger partial charge in [0.2, 0.25) is 0 Å². The summed E-state index contributed by atoms with van der Waals surface area (Å²) >= 11 is 3.70. The van der Waals surface area contributed by atoms with E-state index in [0.717, 1.165) is 30.3 Å². The van der Waals surface area contributed by atoms with Crippen molar-refractivity contribution < 1.29 is 9.53 Å². The minimum absolute atomic E-state index is 0.0743. The van der Waals surface area contributed by atoms with E-state index in [9.17, 15) is 4.79 Å². The van der Waals surface area contributed by atoms with Crippen molar-refractivity contribution in [3.8, 4) is 5.75 Å². The molecule has 5 heteroatoms. The van der Waals surface area contributed by atoms with E-state index in [1.807, 2.05) is 6.07 Å². The number of fused-ring (bicyclic) bond motifs is 3. The number of benzene rings is 1. The Bertz CT molecular complexity index is 663. The lowest BCUT2D eigenvalue weighted by Crippen LogP contribution is -2.45. The molecule has 0 bridgehead atoms. The van der Waals surface area contributed by atoms with Crippen LogP contribution in [0.5, 0.6) is 5.75 Å². The number of hydrogen-bond acceptors (Lipinski definition) is 4. The Hall–Kier alpha value is -1.07. The van der Waals surface area contributed by atoms with E-state index in [-0.39, 0.29) is 11.4 Å². The third-order valence-corrected chi connectivity index (χ3v) is 6.41. The number of esters is 1. The number of hydrogen-bond donors (Lipinski definition) is 0. The number of carbonyl (C=O) groups is 1. The number of halogens is 1. The largest absolute Gasteiger partial charge is 0.426 e. The van der Waals surface area contributed by atoms with Gasteiger partial charge in [0, 0.05) is 29.9 Å². The number of carbonyl (C=O) groups excluding carboxylic acids is 1. The third-order valence-electron chi connectivity index (χ3n) is 5.81. The Morgan fingerprint density at radius 1 is 1.32 bits per heavy atom. The Morgan fingerprint density at radius 3 is 2.80 bits per heavy atom. The maximum atomic E-state index is 12.2. The van der Waals surface area contributed by atoms with Crippen molar-refractivity contribution >= 4 is 27.6 Å². The summed E-state index contributed by atoms with van der Waals surface area (Å²) in [5.74, 6) is 0.537. The van der Waals surface area contributed by atoms with Gasteiger partial charge in [-0.25, -0.2) is 0 Å². The van der Waals surface area contributed by atoms with Gasteiger partial charge in [0.25, 0.3) is 0 Å². The second-order valence-electron chi connectivity index (χ2n) is 7.72. The summed E-state index contributed by atoms with van der Waals surface area (Å²) in [6, 6.07) is 4.02. The van der Waals surface area contributed by atoms with Crippen molar-refractivity contribution in [1.29, 1.82) is 0 Å². The van der Waals surface area contributed by atoms with Crippen molar-refractivity contribution in [1.82, 2.24) is 4.90 Å². The van der Waals surface area contributed by atoms with Gasteiger partial charge in [-0.05, 0) is 53.5 Å². The minimum Gasteiger partial charge on any atom is -0.426 e. The monoisotopic (exact) mass is 408 g/mol. The molecule has 138 valence electrons. The molecule has 0 radical (unpaired) electrons. The summed E-state index contributed by atoms with van der Waals surface area (Å²) in [4.78, 5) is 16.9. The number of nitrogens with zero attached hydrogens (tertiary/aromatic N) is 2. The van der Waals surface area contributed by atoms with Crippen LogP contribution < -0.4 is 9.64 Å². The molecular formula is C20H29BrN2O2. The van der Waals surface area contributed by atoms with Gasteiger partial charge in [-0.2, -0.15) is 0 Å². The first-order chi connectivity index (χ1) is 11.9. The molecule has 4 nitrogen and oxygen atoms in total. The molecule has 2 atom stereocenters. The number of ether oxygens (including phenoxy) is 1. The number of rotatable bonds is 6. The molecule has 1 fully saturated rings. The molecule has 1 aromatic rings. The van der Waals surface area contributed by atoms with Crippen LogP contribution in [0.1, 0.15) is 57.9 Å². The standard InChI is InChI=1S/C20H29BrN2O2/c1-5-6-7-8-9-17(24)25-14-12-15-18(16(21)13-14)23(4)19-20(15,2)10-11-22(19)3/h12-13,19H,5-11H2,1-4H3/t19-,20+/m1/s1. The lowest BCUT2D eigenvalue weighted by Gasteiger charge is -2.32. The maximum absolute atomic E-state index is 12.2. The number of likely N-dealkylation sites (tertiary alicyclic amines) is 1. The van der Waals surface area contributed by atoms with E-state index in [1.165, 1.54) is 24.1 Å². The first kappa shape index (κ1) is 18.7. The first-order valence-electron chi connectivity index (χ1n) is 9.36. The Labute approximate surface area is 159 Å². The van der Waals surface area contributed by atoms with E-state index >= 15 is 0 Å². The molecule has 0 N–H and O–H groups in total. The van der Waals surface area contributed by atoms with Crippen molar-refractivity contribution in [2.45, 2.75) is 64.0 Å². The molecule has 0 unspecified atom stereocenters.